The Morgan fingerprint density at radius 1 is 1.04 bits per heavy atom. The van der Waals surface area contributed by atoms with E-state index < -0.39 is 5.54 Å². The number of ether oxygens (including phenoxy) is 1. The summed E-state index contributed by atoms with van der Waals surface area (Å²) in [6.07, 6.45) is 6.50. The number of amides is 3. The zero-order valence-electron chi connectivity index (χ0n) is 15.3. The number of hydrogen-bond acceptors (Lipinski definition) is 3. The monoisotopic (exact) mass is 344 g/mol. The lowest BCUT2D eigenvalue weighted by molar-refractivity contribution is -0.131. The standard InChI is InChI=1S/C20H28N2O3/c1-15-12-16(2)14-17(13-15)25-11-7-10-22-18(23)20(21-19(22)24)8-5-3-4-6-9-20/h12-14H,3-11H2,1-2H3,(H,21,24). The lowest BCUT2D eigenvalue weighted by Gasteiger charge is -2.24. The summed E-state index contributed by atoms with van der Waals surface area (Å²) in [6.45, 7) is 4.99. The smallest absolute Gasteiger partial charge is 0.325 e. The van der Waals surface area contributed by atoms with Gasteiger partial charge in [0, 0.05) is 6.54 Å². The van der Waals surface area contributed by atoms with Crippen molar-refractivity contribution in [1.29, 1.82) is 0 Å². The first-order chi connectivity index (χ1) is 12.0. The molecule has 1 aromatic carbocycles. The van der Waals surface area contributed by atoms with Gasteiger partial charge in [0.05, 0.1) is 6.61 Å². The molecule has 1 aliphatic carbocycles. The van der Waals surface area contributed by atoms with Crippen molar-refractivity contribution in [1.82, 2.24) is 10.2 Å². The Balaban J connectivity index is 1.52. The number of imide groups is 1. The first-order valence-corrected chi connectivity index (χ1v) is 9.35. The summed E-state index contributed by atoms with van der Waals surface area (Å²) in [5.41, 5.74) is 1.70. The van der Waals surface area contributed by atoms with Gasteiger partial charge in [0.1, 0.15) is 11.3 Å². The number of urea groups is 1. The Kier molecular flexibility index (Phi) is 5.30. The number of benzene rings is 1. The van der Waals surface area contributed by atoms with E-state index in [0.29, 0.717) is 19.6 Å². The van der Waals surface area contributed by atoms with Crippen molar-refractivity contribution in [2.24, 2.45) is 0 Å². The molecule has 1 saturated carbocycles. The Hall–Kier alpha value is -2.04. The molecule has 2 aliphatic rings. The number of nitrogens with one attached hydrogen (secondary N) is 1. The van der Waals surface area contributed by atoms with Crippen LogP contribution in [-0.2, 0) is 4.79 Å². The Morgan fingerprint density at radius 3 is 2.32 bits per heavy atom. The minimum absolute atomic E-state index is 0.0363. The predicted molar refractivity (Wildman–Crippen MR) is 96.7 cm³/mol. The molecule has 1 N–H and O–H groups in total. The molecule has 3 amide bonds. The van der Waals surface area contributed by atoms with Crippen molar-refractivity contribution in [2.75, 3.05) is 13.2 Å². The molecule has 136 valence electrons. The van der Waals surface area contributed by atoms with Crippen LogP contribution in [0.5, 0.6) is 5.75 Å². The first kappa shape index (κ1) is 17.8. The predicted octanol–water partition coefficient (Wildman–Crippen LogP) is 3.72. The zero-order chi connectivity index (χ0) is 17.9. The van der Waals surface area contributed by atoms with Crippen molar-refractivity contribution >= 4 is 11.9 Å². The Labute approximate surface area is 149 Å². The molecule has 0 bridgehead atoms. The number of rotatable bonds is 5. The number of carbonyl (C=O) groups excluding carboxylic acids is 2. The van der Waals surface area contributed by atoms with Crippen LogP contribution in [0.1, 0.15) is 56.1 Å². The van der Waals surface area contributed by atoms with Gasteiger partial charge < -0.3 is 10.1 Å². The fraction of sp³-hybridized carbons (Fsp3) is 0.600. The molecule has 1 heterocycles. The summed E-state index contributed by atoms with van der Waals surface area (Å²) in [4.78, 5) is 26.5. The summed E-state index contributed by atoms with van der Waals surface area (Å²) in [6, 6.07) is 5.87. The molecule has 3 rings (SSSR count). The van der Waals surface area contributed by atoms with Gasteiger partial charge >= 0.3 is 6.03 Å². The van der Waals surface area contributed by atoms with Crippen molar-refractivity contribution < 1.29 is 14.3 Å². The van der Waals surface area contributed by atoms with Gasteiger partial charge in [-0.2, -0.15) is 0 Å². The minimum atomic E-state index is -0.637. The zero-order valence-corrected chi connectivity index (χ0v) is 15.3. The molecule has 5 nitrogen and oxygen atoms in total. The van der Waals surface area contributed by atoms with Crippen LogP contribution in [0, 0.1) is 13.8 Å². The van der Waals surface area contributed by atoms with E-state index in [1.165, 1.54) is 16.0 Å². The molecule has 1 saturated heterocycles. The summed E-state index contributed by atoms with van der Waals surface area (Å²) >= 11 is 0. The van der Waals surface area contributed by atoms with E-state index in [2.05, 4.69) is 11.4 Å². The number of hydrogen-bond donors (Lipinski definition) is 1. The van der Waals surface area contributed by atoms with Gasteiger partial charge in [0.2, 0.25) is 0 Å². The lowest BCUT2D eigenvalue weighted by atomic mass is 9.90. The van der Waals surface area contributed by atoms with Crippen LogP contribution in [0.25, 0.3) is 0 Å². The SMILES string of the molecule is Cc1cc(C)cc(OCCCN2C(=O)NC3(CCCCCC3)C2=O)c1. The van der Waals surface area contributed by atoms with E-state index >= 15 is 0 Å². The van der Waals surface area contributed by atoms with Gasteiger partial charge in [-0.25, -0.2) is 4.79 Å². The van der Waals surface area contributed by atoms with E-state index in [9.17, 15) is 9.59 Å². The largest absolute Gasteiger partial charge is 0.494 e. The molecule has 0 atom stereocenters. The molecule has 1 aliphatic heterocycles. The average Bonchev–Trinajstić information content (AvgIpc) is 2.71. The third kappa shape index (κ3) is 3.97. The van der Waals surface area contributed by atoms with Crippen LogP contribution in [0.4, 0.5) is 4.79 Å². The van der Waals surface area contributed by atoms with Crippen molar-refractivity contribution in [3.05, 3.63) is 29.3 Å². The molecule has 2 fully saturated rings. The molecule has 0 aromatic heterocycles. The van der Waals surface area contributed by atoms with Crippen LogP contribution in [0.15, 0.2) is 18.2 Å². The molecule has 25 heavy (non-hydrogen) atoms. The van der Waals surface area contributed by atoms with Gasteiger partial charge in [-0.3, -0.25) is 9.69 Å². The van der Waals surface area contributed by atoms with E-state index in [4.69, 9.17) is 4.74 Å². The maximum atomic E-state index is 12.8. The summed E-state index contributed by atoms with van der Waals surface area (Å²) in [5.74, 6) is 0.806. The topological polar surface area (TPSA) is 58.6 Å². The maximum Gasteiger partial charge on any atom is 0.325 e. The molecule has 5 heteroatoms. The average molecular weight is 344 g/mol. The Bertz CT molecular complexity index is 628. The van der Waals surface area contributed by atoms with E-state index in [1.54, 1.807) is 0 Å². The van der Waals surface area contributed by atoms with Gasteiger partial charge in [-0.1, -0.05) is 31.7 Å². The molecular formula is C20H28N2O3. The molecule has 1 spiro atoms. The molecular weight excluding hydrogens is 316 g/mol. The minimum Gasteiger partial charge on any atom is -0.494 e. The maximum absolute atomic E-state index is 12.8. The third-order valence-electron chi connectivity index (χ3n) is 5.19. The second-order valence-corrected chi connectivity index (χ2v) is 7.41. The molecule has 1 aromatic rings. The summed E-state index contributed by atoms with van der Waals surface area (Å²) in [5, 5.41) is 2.98. The number of aryl methyl sites for hydroxylation is 2. The highest BCUT2D eigenvalue weighted by Crippen LogP contribution is 2.32. The van der Waals surface area contributed by atoms with E-state index in [-0.39, 0.29) is 11.9 Å². The fourth-order valence-corrected chi connectivity index (χ4v) is 3.98. The van der Waals surface area contributed by atoms with Crippen LogP contribution in [-0.4, -0.2) is 35.5 Å². The second kappa shape index (κ2) is 7.46. The van der Waals surface area contributed by atoms with Gasteiger partial charge in [-0.05, 0) is 56.4 Å². The van der Waals surface area contributed by atoms with Crippen LogP contribution >= 0.6 is 0 Å². The highest BCUT2D eigenvalue weighted by molar-refractivity contribution is 6.07. The first-order valence-electron chi connectivity index (χ1n) is 9.35. The summed E-state index contributed by atoms with van der Waals surface area (Å²) in [7, 11) is 0. The van der Waals surface area contributed by atoms with Crippen LogP contribution < -0.4 is 10.1 Å². The fourth-order valence-electron chi connectivity index (χ4n) is 3.98. The third-order valence-corrected chi connectivity index (χ3v) is 5.19. The summed E-state index contributed by atoms with van der Waals surface area (Å²) < 4.78 is 5.79. The number of carbonyl (C=O) groups is 2. The van der Waals surface area contributed by atoms with E-state index in [1.807, 2.05) is 26.0 Å². The van der Waals surface area contributed by atoms with E-state index in [0.717, 1.165) is 44.3 Å². The highest BCUT2D eigenvalue weighted by atomic mass is 16.5. The Morgan fingerprint density at radius 2 is 1.68 bits per heavy atom. The van der Waals surface area contributed by atoms with Crippen molar-refractivity contribution in [2.45, 2.75) is 64.3 Å². The van der Waals surface area contributed by atoms with Crippen molar-refractivity contribution in [3.8, 4) is 5.75 Å². The quantitative estimate of drug-likeness (QED) is 0.654. The van der Waals surface area contributed by atoms with Crippen LogP contribution in [0.3, 0.4) is 0 Å². The normalized spacial score (nSPS) is 19.8. The molecule has 0 unspecified atom stereocenters. The second-order valence-electron chi connectivity index (χ2n) is 7.41. The number of nitrogens with zero attached hydrogens (tertiary/aromatic N) is 1. The van der Waals surface area contributed by atoms with Crippen LogP contribution in [0.2, 0.25) is 0 Å². The highest BCUT2D eigenvalue weighted by Gasteiger charge is 2.50. The van der Waals surface area contributed by atoms with Gasteiger partial charge in [0.25, 0.3) is 5.91 Å². The molecule has 0 radical (unpaired) electrons. The lowest BCUT2D eigenvalue weighted by Crippen LogP contribution is -2.46. The van der Waals surface area contributed by atoms with Crippen molar-refractivity contribution in [3.63, 3.8) is 0 Å². The van der Waals surface area contributed by atoms with Gasteiger partial charge in [-0.15, -0.1) is 0 Å². The van der Waals surface area contributed by atoms with Gasteiger partial charge in [0.15, 0.2) is 0 Å².